The lowest BCUT2D eigenvalue weighted by Gasteiger charge is -2.23. The van der Waals surface area contributed by atoms with Crippen LogP contribution in [-0.2, 0) is 14.4 Å². The molecule has 2 N–H and O–H groups in total. The third-order valence-electron chi connectivity index (χ3n) is 4.87. The van der Waals surface area contributed by atoms with Crippen molar-refractivity contribution in [2.75, 3.05) is 7.05 Å². The number of rotatable bonds is 6. The van der Waals surface area contributed by atoms with Crippen molar-refractivity contribution >= 4 is 18.2 Å². The number of likely N-dealkylation sites (N-methyl/N-ethyl adjacent to an activating group) is 1. The lowest BCUT2D eigenvalue weighted by molar-refractivity contribution is -0.134. The van der Waals surface area contributed by atoms with Crippen molar-refractivity contribution in [3.8, 4) is 0 Å². The summed E-state index contributed by atoms with van der Waals surface area (Å²) in [5.74, 6) is -0.229. The molecule has 2 bridgehead atoms. The first-order valence-electron chi connectivity index (χ1n) is 7.98. The number of benzene rings is 1. The first-order chi connectivity index (χ1) is 11.2. The highest BCUT2D eigenvalue weighted by Crippen LogP contribution is 2.53. The van der Waals surface area contributed by atoms with Crippen LogP contribution >= 0.6 is 0 Å². The molecule has 2 aliphatic rings. The second-order valence-corrected chi connectivity index (χ2v) is 6.03. The Morgan fingerprint density at radius 2 is 1.87 bits per heavy atom. The minimum absolute atomic E-state index is 0.0512. The van der Waals surface area contributed by atoms with Gasteiger partial charge in [0.1, 0.15) is 6.04 Å². The maximum absolute atomic E-state index is 12.7. The number of carbonyl (C=O) groups excluding carboxylic acids is 3. The highest BCUT2D eigenvalue weighted by atomic mass is 16.2. The smallest absolute Gasteiger partial charge is 0.242 e. The molecular formula is C17H21N3O3. The second-order valence-electron chi connectivity index (χ2n) is 6.03. The van der Waals surface area contributed by atoms with Gasteiger partial charge < -0.3 is 15.5 Å². The molecule has 0 radical (unpaired) electrons. The number of nitrogens with zero attached hydrogens (tertiary/aromatic N) is 1. The van der Waals surface area contributed by atoms with Crippen LogP contribution in [0.15, 0.2) is 24.3 Å². The molecular weight excluding hydrogens is 294 g/mol. The van der Waals surface area contributed by atoms with Gasteiger partial charge in [-0.05, 0) is 30.4 Å². The Kier molecular flexibility index (Phi) is 4.32. The number of fused-ring (bicyclic) bond motifs is 5. The van der Waals surface area contributed by atoms with Gasteiger partial charge in [0, 0.05) is 13.5 Å². The number of amides is 3. The molecule has 3 rings (SSSR count). The van der Waals surface area contributed by atoms with Crippen molar-refractivity contribution < 1.29 is 14.4 Å². The highest BCUT2D eigenvalue weighted by Gasteiger charge is 2.45. The van der Waals surface area contributed by atoms with Crippen LogP contribution in [0, 0.1) is 0 Å². The molecule has 0 aliphatic carbocycles. The summed E-state index contributed by atoms with van der Waals surface area (Å²) in [7, 11) is 1.51. The predicted octanol–water partition coefficient (Wildman–Crippen LogP) is 1.05. The number of hydrogen-bond donors (Lipinski definition) is 2. The summed E-state index contributed by atoms with van der Waals surface area (Å²) < 4.78 is 0. The molecule has 1 fully saturated rings. The zero-order valence-electron chi connectivity index (χ0n) is 13.1. The maximum atomic E-state index is 12.7. The highest BCUT2D eigenvalue weighted by molar-refractivity contribution is 5.85. The Morgan fingerprint density at radius 1 is 1.26 bits per heavy atom. The zero-order valence-corrected chi connectivity index (χ0v) is 13.1. The van der Waals surface area contributed by atoms with Gasteiger partial charge in [-0.15, -0.1) is 0 Å². The van der Waals surface area contributed by atoms with Crippen LogP contribution in [0.25, 0.3) is 0 Å². The van der Waals surface area contributed by atoms with Crippen LogP contribution in [0.4, 0.5) is 0 Å². The summed E-state index contributed by atoms with van der Waals surface area (Å²) in [6, 6.07) is 7.89. The molecule has 23 heavy (non-hydrogen) atoms. The van der Waals surface area contributed by atoms with Gasteiger partial charge in [-0.25, -0.2) is 0 Å². The molecule has 0 spiro atoms. The number of carbonyl (C=O) groups is 3. The van der Waals surface area contributed by atoms with Gasteiger partial charge in [0.15, 0.2) is 0 Å². The molecule has 3 atom stereocenters. The molecule has 2 heterocycles. The molecule has 2 aliphatic heterocycles. The minimum atomic E-state index is -0.663. The monoisotopic (exact) mass is 315 g/mol. The second kappa shape index (κ2) is 6.40. The van der Waals surface area contributed by atoms with E-state index in [1.54, 1.807) is 0 Å². The van der Waals surface area contributed by atoms with Gasteiger partial charge in [-0.3, -0.25) is 14.4 Å². The summed E-state index contributed by atoms with van der Waals surface area (Å²) >= 11 is 0. The van der Waals surface area contributed by atoms with Crippen LogP contribution in [-0.4, -0.2) is 36.2 Å². The largest absolute Gasteiger partial charge is 0.357 e. The van der Waals surface area contributed by atoms with E-state index in [1.807, 2.05) is 17.0 Å². The van der Waals surface area contributed by atoms with Crippen molar-refractivity contribution in [2.24, 2.45) is 0 Å². The molecule has 6 heteroatoms. The Hall–Kier alpha value is -2.37. The van der Waals surface area contributed by atoms with Crippen LogP contribution < -0.4 is 10.6 Å². The summed E-state index contributed by atoms with van der Waals surface area (Å²) in [5, 5.41) is 4.97. The molecule has 3 amide bonds. The van der Waals surface area contributed by atoms with E-state index in [2.05, 4.69) is 22.8 Å². The van der Waals surface area contributed by atoms with Gasteiger partial charge in [0.05, 0.1) is 12.1 Å². The third kappa shape index (κ3) is 2.69. The van der Waals surface area contributed by atoms with Crippen LogP contribution in [0.3, 0.4) is 0 Å². The van der Waals surface area contributed by atoms with E-state index in [9.17, 15) is 14.4 Å². The fourth-order valence-electron chi connectivity index (χ4n) is 3.83. The van der Waals surface area contributed by atoms with Crippen LogP contribution in [0.5, 0.6) is 0 Å². The summed E-state index contributed by atoms with van der Waals surface area (Å²) in [6.45, 7) is 0. The first kappa shape index (κ1) is 15.5. The van der Waals surface area contributed by atoms with E-state index >= 15 is 0 Å². The van der Waals surface area contributed by atoms with E-state index in [4.69, 9.17) is 0 Å². The Balaban J connectivity index is 1.66. The SMILES string of the molecule is CNC(=O)C(CCC(=O)N1C2CCC1c1ccccc12)NC=O. The standard InChI is InChI=1S/C17H21N3O3/c1-18-17(23)13(19-10-21)6-9-16(22)20-14-7-8-15(20)12-5-3-2-4-11(12)14/h2-5,10,13-15H,6-9H2,1H3,(H,18,23)(H,19,21). The molecule has 0 aromatic heterocycles. The summed E-state index contributed by atoms with van der Waals surface area (Å²) in [4.78, 5) is 36.9. The van der Waals surface area contributed by atoms with Crippen molar-refractivity contribution in [3.63, 3.8) is 0 Å². The van der Waals surface area contributed by atoms with E-state index in [-0.39, 0.29) is 30.3 Å². The lowest BCUT2D eigenvalue weighted by Crippen LogP contribution is -2.43. The topological polar surface area (TPSA) is 78.5 Å². The molecule has 6 nitrogen and oxygen atoms in total. The van der Waals surface area contributed by atoms with E-state index < -0.39 is 6.04 Å². The molecule has 1 aromatic carbocycles. The lowest BCUT2D eigenvalue weighted by atomic mass is 9.92. The molecule has 0 saturated carbocycles. The minimum Gasteiger partial charge on any atom is -0.357 e. The number of nitrogens with one attached hydrogen (secondary N) is 2. The molecule has 1 aromatic rings. The van der Waals surface area contributed by atoms with Crippen molar-refractivity contribution in [2.45, 2.75) is 43.8 Å². The van der Waals surface area contributed by atoms with Crippen molar-refractivity contribution in [1.29, 1.82) is 0 Å². The summed E-state index contributed by atoms with van der Waals surface area (Å²) in [6.07, 6.45) is 3.06. The molecule has 122 valence electrons. The van der Waals surface area contributed by atoms with Gasteiger partial charge in [-0.1, -0.05) is 24.3 Å². The Labute approximate surface area is 135 Å². The average Bonchev–Trinajstić information content (AvgIpc) is 3.15. The quantitative estimate of drug-likeness (QED) is 0.770. The van der Waals surface area contributed by atoms with Gasteiger partial charge in [0.25, 0.3) is 0 Å². The molecule has 3 unspecified atom stereocenters. The van der Waals surface area contributed by atoms with Gasteiger partial charge in [-0.2, -0.15) is 0 Å². The maximum Gasteiger partial charge on any atom is 0.242 e. The van der Waals surface area contributed by atoms with Crippen molar-refractivity contribution in [1.82, 2.24) is 15.5 Å². The van der Waals surface area contributed by atoms with Gasteiger partial charge >= 0.3 is 0 Å². The fourth-order valence-corrected chi connectivity index (χ4v) is 3.83. The molecule has 1 saturated heterocycles. The normalized spacial score (nSPS) is 22.4. The van der Waals surface area contributed by atoms with Gasteiger partial charge in [0.2, 0.25) is 18.2 Å². The number of hydrogen-bond acceptors (Lipinski definition) is 3. The first-order valence-corrected chi connectivity index (χ1v) is 7.98. The zero-order chi connectivity index (χ0) is 16.4. The third-order valence-corrected chi connectivity index (χ3v) is 4.87. The van der Waals surface area contributed by atoms with Crippen molar-refractivity contribution in [3.05, 3.63) is 35.4 Å². The van der Waals surface area contributed by atoms with Crippen LogP contribution in [0.2, 0.25) is 0 Å². The van der Waals surface area contributed by atoms with Crippen LogP contribution in [0.1, 0.15) is 48.9 Å². The summed E-state index contributed by atoms with van der Waals surface area (Å²) in [5.41, 5.74) is 2.51. The van der Waals surface area contributed by atoms with E-state index in [0.717, 1.165) is 12.8 Å². The van der Waals surface area contributed by atoms with E-state index in [0.29, 0.717) is 12.8 Å². The predicted molar refractivity (Wildman–Crippen MR) is 84.3 cm³/mol. The van der Waals surface area contributed by atoms with E-state index in [1.165, 1.54) is 18.2 Å². The average molecular weight is 315 g/mol. The Morgan fingerprint density at radius 3 is 2.39 bits per heavy atom. The Bertz CT molecular complexity index is 600. The fraction of sp³-hybridized carbons (Fsp3) is 0.471.